The van der Waals surface area contributed by atoms with Gasteiger partial charge in [-0.15, -0.1) is 11.3 Å². The van der Waals surface area contributed by atoms with E-state index >= 15 is 0 Å². The first-order valence-corrected chi connectivity index (χ1v) is 5.41. The average Bonchev–Trinajstić information content (AvgIpc) is 2.77. The Morgan fingerprint density at radius 3 is 2.76 bits per heavy atom. The maximum Gasteiger partial charge on any atom is 0.337 e. The summed E-state index contributed by atoms with van der Waals surface area (Å²) in [7, 11) is 0. The number of carbonyl (C=O) groups excluding carboxylic acids is 1. The van der Waals surface area contributed by atoms with Gasteiger partial charge in [-0.05, 0) is 18.2 Å². The number of aromatic nitrogens is 1. The molecule has 0 saturated heterocycles. The van der Waals surface area contributed by atoms with Crippen LogP contribution in [0.15, 0.2) is 24.4 Å². The molecule has 2 aromatic rings. The van der Waals surface area contributed by atoms with Gasteiger partial charge in [0, 0.05) is 11.1 Å². The van der Waals surface area contributed by atoms with Gasteiger partial charge < -0.3 is 10.2 Å². The van der Waals surface area contributed by atoms with Crippen molar-refractivity contribution in [2.45, 2.75) is 0 Å². The lowest BCUT2D eigenvalue weighted by Crippen LogP contribution is -1.97. The summed E-state index contributed by atoms with van der Waals surface area (Å²) >= 11 is 1.16. The van der Waals surface area contributed by atoms with Crippen molar-refractivity contribution < 1.29 is 19.8 Å². The zero-order chi connectivity index (χ0) is 12.4. The van der Waals surface area contributed by atoms with E-state index in [1.807, 2.05) is 0 Å². The molecule has 0 bridgehead atoms. The molecule has 0 spiro atoms. The van der Waals surface area contributed by atoms with Gasteiger partial charge >= 0.3 is 5.97 Å². The Morgan fingerprint density at radius 1 is 1.41 bits per heavy atom. The summed E-state index contributed by atoms with van der Waals surface area (Å²) in [6.45, 7) is 0. The molecular weight excluding hydrogens is 242 g/mol. The minimum Gasteiger partial charge on any atom is -0.493 e. The summed E-state index contributed by atoms with van der Waals surface area (Å²) in [6.07, 6.45) is 1.77. The minimum absolute atomic E-state index is 0.0150. The van der Waals surface area contributed by atoms with E-state index in [1.165, 1.54) is 6.07 Å². The Morgan fingerprint density at radius 2 is 2.18 bits per heavy atom. The lowest BCUT2D eigenvalue weighted by molar-refractivity contribution is 0.0696. The van der Waals surface area contributed by atoms with Crippen LogP contribution in [0.4, 0.5) is 0 Å². The van der Waals surface area contributed by atoms with Crippen molar-refractivity contribution in [1.29, 1.82) is 0 Å². The van der Waals surface area contributed by atoms with Crippen molar-refractivity contribution in [3.8, 4) is 16.3 Å². The number of aromatic carboxylic acids is 1. The van der Waals surface area contributed by atoms with E-state index in [2.05, 4.69) is 4.98 Å². The number of pyridine rings is 1. The van der Waals surface area contributed by atoms with E-state index in [0.717, 1.165) is 17.5 Å². The van der Waals surface area contributed by atoms with Crippen LogP contribution in [-0.2, 0) is 0 Å². The standard InChI is InChI=1S/C11H7NO4S/c13-5-7-1-2-9(17-7)8-3-6(11(15)16)4-12-10(8)14/h1-5H,(H,12,14)(H,15,16). The zero-order valence-electron chi connectivity index (χ0n) is 8.45. The van der Waals surface area contributed by atoms with Crippen LogP contribution in [-0.4, -0.2) is 27.5 Å². The van der Waals surface area contributed by atoms with Crippen molar-refractivity contribution in [2.75, 3.05) is 0 Å². The average molecular weight is 249 g/mol. The molecule has 0 fully saturated rings. The lowest BCUT2D eigenvalue weighted by Gasteiger charge is -2.01. The molecule has 17 heavy (non-hydrogen) atoms. The molecule has 0 amide bonds. The number of carboxylic acid groups (broad SMARTS) is 1. The largest absolute Gasteiger partial charge is 0.493 e. The van der Waals surface area contributed by atoms with Gasteiger partial charge in [-0.3, -0.25) is 4.79 Å². The van der Waals surface area contributed by atoms with Crippen LogP contribution in [0.25, 0.3) is 10.4 Å². The van der Waals surface area contributed by atoms with Gasteiger partial charge in [-0.2, -0.15) is 0 Å². The number of rotatable bonds is 3. The molecule has 0 saturated carbocycles. The second kappa shape index (κ2) is 4.34. The summed E-state index contributed by atoms with van der Waals surface area (Å²) in [5.41, 5.74) is 0.293. The van der Waals surface area contributed by atoms with E-state index in [0.29, 0.717) is 21.6 Å². The Bertz CT molecular complexity index is 591. The number of nitrogens with zero attached hydrogens (tertiary/aromatic N) is 1. The highest BCUT2D eigenvalue weighted by Gasteiger charge is 2.12. The summed E-state index contributed by atoms with van der Waals surface area (Å²) in [5, 5.41) is 18.4. The molecule has 0 aliphatic heterocycles. The normalized spacial score (nSPS) is 10.1. The highest BCUT2D eigenvalue weighted by Crippen LogP contribution is 2.33. The summed E-state index contributed by atoms with van der Waals surface area (Å²) < 4.78 is 0. The maximum atomic E-state index is 10.8. The third kappa shape index (κ3) is 2.16. The summed E-state index contributed by atoms with van der Waals surface area (Å²) in [6, 6.07) is 4.56. The van der Waals surface area contributed by atoms with Crippen LogP contribution in [0.3, 0.4) is 0 Å². The molecule has 5 nitrogen and oxygen atoms in total. The smallest absolute Gasteiger partial charge is 0.337 e. The van der Waals surface area contributed by atoms with Gasteiger partial charge in [0.15, 0.2) is 6.29 Å². The number of hydrogen-bond acceptors (Lipinski definition) is 5. The van der Waals surface area contributed by atoms with Crippen molar-refractivity contribution in [1.82, 2.24) is 4.98 Å². The predicted octanol–water partition coefficient (Wildman–Crippen LogP) is 2.03. The number of carboxylic acids is 1. The minimum atomic E-state index is -1.12. The van der Waals surface area contributed by atoms with E-state index in [4.69, 9.17) is 5.11 Å². The Labute approximate surface area is 100.0 Å². The van der Waals surface area contributed by atoms with Crippen molar-refractivity contribution in [2.24, 2.45) is 0 Å². The fraction of sp³-hybridized carbons (Fsp3) is 0. The first-order chi connectivity index (χ1) is 8.11. The molecule has 0 aliphatic carbocycles. The van der Waals surface area contributed by atoms with Crippen LogP contribution in [0.5, 0.6) is 5.88 Å². The molecule has 6 heteroatoms. The quantitative estimate of drug-likeness (QED) is 0.812. The van der Waals surface area contributed by atoms with E-state index in [-0.39, 0.29) is 11.4 Å². The third-order valence-corrected chi connectivity index (χ3v) is 3.17. The molecule has 0 atom stereocenters. The molecular formula is C11H7NO4S. The van der Waals surface area contributed by atoms with Crippen LogP contribution in [0.2, 0.25) is 0 Å². The fourth-order valence-electron chi connectivity index (χ4n) is 1.32. The van der Waals surface area contributed by atoms with Gasteiger partial charge in [-0.25, -0.2) is 9.78 Å². The summed E-state index contributed by atoms with van der Waals surface area (Å²) in [5.74, 6) is -1.37. The first-order valence-electron chi connectivity index (χ1n) is 4.59. The molecule has 0 aliphatic rings. The fourth-order valence-corrected chi connectivity index (χ4v) is 2.15. The number of aromatic hydroxyl groups is 1. The lowest BCUT2D eigenvalue weighted by atomic mass is 10.1. The number of carbonyl (C=O) groups is 2. The highest BCUT2D eigenvalue weighted by molar-refractivity contribution is 7.17. The van der Waals surface area contributed by atoms with Crippen LogP contribution < -0.4 is 0 Å². The van der Waals surface area contributed by atoms with Crippen LogP contribution in [0, 0.1) is 0 Å². The maximum absolute atomic E-state index is 10.8. The van der Waals surface area contributed by atoms with Gasteiger partial charge in [0.25, 0.3) is 0 Å². The van der Waals surface area contributed by atoms with Crippen molar-refractivity contribution in [3.63, 3.8) is 0 Å². The number of thiophene rings is 1. The Balaban J connectivity index is 2.53. The molecule has 0 radical (unpaired) electrons. The third-order valence-electron chi connectivity index (χ3n) is 2.12. The molecule has 2 N–H and O–H groups in total. The van der Waals surface area contributed by atoms with Crippen LogP contribution >= 0.6 is 11.3 Å². The van der Waals surface area contributed by atoms with Crippen molar-refractivity contribution >= 4 is 23.6 Å². The van der Waals surface area contributed by atoms with Gasteiger partial charge in [0.1, 0.15) is 0 Å². The Kier molecular flexibility index (Phi) is 2.88. The monoisotopic (exact) mass is 249 g/mol. The number of aldehydes is 1. The van der Waals surface area contributed by atoms with Crippen LogP contribution in [0.1, 0.15) is 20.0 Å². The molecule has 2 aromatic heterocycles. The predicted molar refractivity (Wildman–Crippen MR) is 61.6 cm³/mol. The van der Waals surface area contributed by atoms with Crippen molar-refractivity contribution in [3.05, 3.63) is 34.8 Å². The number of hydrogen-bond donors (Lipinski definition) is 2. The van der Waals surface area contributed by atoms with E-state index in [1.54, 1.807) is 12.1 Å². The molecule has 2 rings (SSSR count). The topological polar surface area (TPSA) is 87.5 Å². The molecule has 86 valence electrons. The highest BCUT2D eigenvalue weighted by atomic mass is 32.1. The van der Waals surface area contributed by atoms with Gasteiger partial charge in [0.05, 0.1) is 16.0 Å². The second-order valence-corrected chi connectivity index (χ2v) is 4.34. The SMILES string of the molecule is O=Cc1ccc(-c2cc(C(=O)O)cnc2O)s1. The summed E-state index contributed by atoms with van der Waals surface area (Å²) in [4.78, 5) is 26.0. The van der Waals surface area contributed by atoms with Gasteiger partial charge in [0.2, 0.25) is 5.88 Å². The molecule has 2 heterocycles. The first kappa shape index (κ1) is 11.3. The Hall–Kier alpha value is -2.21. The molecule has 0 aromatic carbocycles. The zero-order valence-corrected chi connectivity index (χ0v) is 9.27. The van der Waals surface area contributed by atoms with E-state index < -0.39 is 5.97 Å². The van der Waals surface area contributed by atoms with Gasteiger partial charge in [-0.1, -0.05) is 0 Å². The van der Waals surface area contributed by atoms with E-state index in [9.17, 15) is 14.7 Å². The second-order valence-electron chi connectivity index (χ2n) is 3.22. The molecule has 0 unspecified atom stereocenters.